The van der Waals surface area contributed by atoms with Crippen molar-refractivity contribution < 1.29 is 9.13 Å². The van der Waals surface area contributed by atoms with Gasteiger partial charge in [-0.2, -0.15) is 0 Å². The van der Waals surface area contributed by atoms with Crippen molar-refractivity contribution in [2.75, 3.05) is 5.88 Å². The third-order valence-corrected chi connectivity index (χ3v) is 6.99. The van der Waals surface area contributed by atoms with Gasteiger partial charge in [-0.25, -0.2) is 4.39 Å². The summed E-state index contributed by atoms with van der Waals surface area (Å²) in [5.41, 5.74) is 6.85. The van der Waals surface area contributed by atoms with Gasteiger partial charge in [0.2, 0.25) is 0 Å². The number of fused-ring (bicyclic) bond motifs is 1. The monoisotopic (exact) mass is 517 g/mol. The van der Waals surface area contributed by atoms with Gasteiger partial charge in [0, 0.05) is 11.3 Å². The zero-order valence-electron chi connectivity index (χ0n) is 20.7. The Morgan fingerprint density at radius 2 is 1.95 bits per heavy atom. The highest BCUT2D eigenvalue weighted by molar-refractivity contribution is 6.18. The van der Waals surface area contributed by atoms with Crippen molar-refractivity contribution in [3.8, 4) is 11.6 Å². The lowest BCUT2D eigenvalue weighted by Crippen LogP contribution is -2.24. The molecule has 0 bridgehead atoms. The van der Waals surface area contributed by atoms with Crippen molar-refractivity contribution in [2.45, 2.75) is 45.1 Å². The number of hydrogen-bond donors (Lipinski definition) is 1. The van der Waals surface area contributed by atoms with Gasteiger partial charge in [-0.3, -0.25) is 4.99 Å². The number of aliphatic imine (C=N–C) groups is 1. The summed E-state index contributed by atoms with van der Waals surface area (Å²) in [6, 6.07) is 18.1. The van der Waals surface area contributed by atoms with Gasteiger partial charge in [-0.15, -0.1) is 21.8 Å². The Hall–Kier alpha value is -3.55. The van der Waals surface area contributed by atoms with E-state index < -0.39 is 11.9 Å². The molecule has 1 N–H and O–H groups in total. The normalized spacial score (nSPS) is 14.6. The first-order valence-corrected chi connectivity index (χ1v) is 12.8. The molecule has 1 aromatic heterocycles. The van der Waals surface area contributed by atoms with Crippen LogP contribution in [0.2, 0.25) is 0 Å². The first kappa shape index (κ1) is 25.1. The average Bonchev–Trinajstić information content (AvgIpc) is 3.75. The van der Waals surface area contributed by atoms with Crippen LogP contribution in [0.15, 0.2) is 65.7 Å². The summed E-state index contributed by atoms with van der Waals surface area (Å²) < 4.78 is 21.2. The Labute approximate surface area is 220 Å². The predicted octanol–water partition coefficient (Wildman–Crippen LogP) is 6.74. The second kappa shape index (κ2) is 10.8. The smallest absolute Gasteiger partial charge is 0.250 e. The molecule has 0 unspecified atom stereocenters. The number of hydroxylamine groups is 1. The van der Waals surface area contributed by atoms with E-state index in [1.54, 1.807) is 30.3 Å². The summed E-state index contributed by atoms with van der Waals surface area (Å²) in [5.74, 6) is 0.0182. The molecule has 0 saturated heterocycles. The zero-order chi connectivity index (χ0) is 25.9. The molecule has 5 rings (SSSR count). The molecule has 8 heteroatoms. The van der Waals surface area contributed by atoms with Gasteiger partial charge in [-0.05, 0) is 67.9 Å². The van der Waals surface area contributed by atoms with E-state index in [-0.39, 0.29) is 29.3 Å². The summed E-state index contributed by atoms with van der Waals surface area (Å²) in [6.07, 6.45) is 2.46. The van der Waals surface area contributed by atoms with E-state index in [9.17, 15) is 5.21 Å². The molecule has 1 aliphatic rings. The number of rotatable bonds is 8. The number of halogens is 2. The summed E-state index contributed by atoms with van der Waals surface area (Å²) in [5, 5.41) is 21.4. The van der Waals surface area contributed by atoms with Gasteiger partial charge >= 0.3 is 0 Å². The fourth-order valence-electron chi connectivity index (χ4n) is 4.55. The summed E-state index contributed by atoms with van der Waals surface area (Å²) in [7, 11) is 0. The minimum atomic E-state index is -0.423. The van der Waals surface area contributed by atoms with Crippen LogP contribution in [0.1, 0.15) is 46.6 Å². The van der Waals surface area contributed by atoms with Gasteiger partial charge in [0.1, 0.15) is 5.84 Å². The molecule has 1 atom stereocenters. The second-order valence-corrected chi connectivity index (χ2v) is 9.76. The minimum absolute atomic E-state index is 0.00696. The number of hydrogen-bond acceptors (Lipinski definition) is 5. The lowest BCUT2D eigenvalue weighted by Gasteiger charge is -2.21. The largest absolute Gasteiger partial charge is 0.760 e. The van der Waals surface area contributed by atoms with E-state index in [1.165, 1.54) is 5.56 Å². The van der Waals surface area contributed by atoms with Crippen molar-refractivity contribution in [2.24, 2.45) is 4.99 Å². The molecule has 1 saturated carbocycles. The van der Waals surface area contributed by atoms with E-state index in [1.807, 2.05) is 37.5 Å². The van der Waals surface area contributed by atoms with Crippen LogP contribution >= 0.6 is 11.6 Å². The van der Waals surface area contributed by atoms with Crippen molar-refractivity contribution in [3.63, 3.8) is 0 Å². The third-order valence-electron chi connectivity index (χ3n) is 6.63. The second-order valence-electron chi connectivity index (χ2n) is 9.45. The molecule has 0 radical (unpaired) electrons. The third kappa shape index (κ3) is 5.43. The van der Waals surface area contributed by atoms with Crippen molar-refractivity contribution in [1.29, 1.82) is 0 Å². The van der Waals surface area contributed by atoms with Crippen molar-refractivity contribution in [3.05, 3.63) is 99.5 Å². The summed E-state index contributed by atoms with van der Waals surface area (Å²) in [6.45, 7) is 4.08. The number of ether oxygens (including phenoxy) is 1. The van der Waals surface area contributed by atoms with Gasteiger partial charge < -0.3 is 15.4 Å². The van der Waals surface area contributed by atoms with E-state index in [2.05, 4.69) is 22.3 Å². The van der Waals surface area contributed by atoms with Crippen LogP contribution in [-0.2, 0) is 6.42 Å². The number of aryl methyl sites for hydroxylation is 2. The van der Waals surface area contributed by atoms with Crippen LogP contribution in [0.25, 0.3) is 10.9 Å². The maximum atomic E-state index is 15.3. The molecule has 0 aliphatic heterocycles. The van der Waals surface area contributed by atoms with E-state index >= 15 is 4.39 Å². The topological polar surface area (TPSA) is 82.5 Å². The molecule has 1 heterocycles. The van der Waals surface area contributed by atoms with E-state index in [0.29, 0.717) is 28.5 Å². The molecule has 6 nitrogen and oxygen atoms in total. The Balaban J connectivity index is 1.57. The summed E-state index contributed by atoms with van der Waals surface area (Å²) >= 11 is 6.31. The molecule has 0 amide bonds. The molecule has 4 aromatic rings. The van der Waals surface area contributed by atoms with Crippen LogP contribution in [0, 0.1) is 24.9 Å². The van der Waals surface area contributed by atoms with Crippen molar-refractivity contribution >= 4 is 28.3 Å². The highest BCUT2D eigenvalue weighted by Crippen LogP contribution is 2.43. The standard InChI is InChI=1S/C29H27ClFN4O2/c1-17-10-11-20(18(2)14-17)15-21(16-30)32-28(35-36)26-23-6-3-4-8-24(23)33-34-29(26)37-25-9-5-7-22(27(25)31)19-12-13-19/h3-11,14,19,21H,12-13,15-16H2,1-2H3,(H-,32,35,36)/q-1/t21-/m1/s1. The zero-order valence-corrected chi connectivity index (χ0v) is 21.4. The van der Waals surface area contributed by atoms with E-state index in [0.717, 1.165) is 24.0 Å². The molecule has 190 valence electrons. The Morgan fingerprint density at radius 3 is 2.68 bits per heavy atom. The van der Waals surface area contributed by atoms with Gasteiger partial charge in [0.05, 0.1) is 17.1 Å². The van der Waals surface area contributed by atoms with Gasteiger partial charge in [-0.1, -0.05) is 54.1 Å². The first-order chi connectivity index (χ1) is 18.0. The lowest BCUT2D eigenvalue weighted by atomic mass is 10.00. The fraction of sp³-hybridized carbons (Fsp3) is 0.276. The Bertz CT molecular complexity index is 1470. The molecular weight excluding hydrogens is 491 g/mol. The highest BCUT2D eigenvalue weighted by Gasteiger charge is 2.28. The number of amidine groups is 1. The van der Waals surface area contributed by atoms with E-state index in [4.69, 9.17) is 21.3 Å². The number of benzene rings is 3. The number of aromatic nitrogens is 2. The number of nitrogens with zero attached hydrogens (tertiary/aromatic N) is 3. The molecule has 1 fully saturated rings. The Kier molecular flexibility index (Phi) is 7.35. The predicted molar refractivity (Wildman–Crippen MR) is 145 cm³/mol. The SMILES string of the molecule is Cc1ccc(C[C@H](CCl)N=C(N[O-])c2c(Oc3cccc(C4CC4)c3F)nnc3ccccc23)c(C)c1. The van der Waals surface area contributed by atoms with Crippen LogP contribution in [0.5, 0.6) is 11.6 Å². The fourth-order valence-corrected chi connectivity index (χ4v) is 4.72. The van der Waals surface area contributed by atoms with Crippen LogP contribution in [0.4, 0.5) is 4.39 Å². The summed E-state index contributed by atoms with van der Waals surface area (Å²) in [4.78, 5) is 4.69. The number of alkyl halides is 1. The maximum Gasteiger partial charge on any atom is 0.250 e. The van der Waals surface area contributed by atoms with Crippen molar-refractivity contribution in [1.82, 2.24) is 15.7 Å². The maximum absolute atomic E-state index is 15.3. The molecule has 1 aliphatic carbocycles. The lowest BCUT2D eigenvalue weighted by molar-refractivity contribution is 0.419. The van der Waals surface area contributed by atoms with Crippen LogP contribution in [0.3, 0.4) is 0 Å². The van der Waals surface area contributed by atoms with Crippen LogP contribution in [-0.4, -0.2) is 28.0 Å². The first-order valence-electron chi connectivity index (χ1n) is 12.3. The molecule has 3 aromatic carbocycles. The quantitative estimate of drug-likeness (QED) is 0.121. The molecular formula is C29H27ClFN4O2-. The van der Waals surface area contributed by atoms with Gasteiger partial charge in [0.15, 0.2) is 11.6 Å². The molecule has 37 heavy (non-hydrogen) atoms. The highest BCUT2D eigenvalue weighted by atomic mass is 35.5. The molecule has 0 spiro atoms. The number of nitrogens with one attached hydrogen (secondary N) is 1. The van der Waals surface area contributed by atoms with Crippen LogP contribution < -0.4 is 10.2 Å². The van der Waals surface area contributed by atoms with Gasteiger partial charge in [0.25, 0.3) is 5.88 Å². The minimum Gasteiger partial charge on any atom is -0.760 e. The average molecular weight is 518 g/mol. The Morgan fingerprint density at radius 1 is 1.14 bits per heavy atom.